The number of hydrogen-bond acceptors (Lipinski definition) is 1. The summed E-state index contributed by atoms with van der Waals surface area (Å²) in [5.74, 6) is -3.30. The number of alkyl halides is 2. The maximum absolute atomic E-state index is 12.9. The first-order valence-electron chi connectivity index (χ1n) is 4.30. The summed E-state index contributed by atoms with van der Waals surface area (Å²) in [4.78, 5) is 0. The molecule has 0 amide bonds. The summed E-state index contributed by atoms with van der Waals surface area (Å²) in [6.07, 6.45) is 2.78. The fraction of sp³-hybridized carbons (Fsp3) is 0.889. The Balaban J connectivity index is 2.55. The van der Waals surface area contributed by atoms with Crippen molar-refractivity contribution in [2.75, 3.05) is 0 Å². The zero-order chi connectivity index (χ0) is 9.19. The van der Waals surface area contributed by atoms with E-state index in [-0.39, 0.29) is 12.3 Å². The van der Waals surface area contributed by atoms with Gasteiger partial charge in [-0.3, -0.25) is 0 Å². The quantitative estimate of drug-likeness (QED) is 0.643. The van der Waals surface area contributed by atoms with E-state index in [4.69, 9.17) is 5.26 Å². The second-order valence-corrected chi connectivity index (χ2v) is 3.62. The van der Waals surface area contributed by atoms with Gasteiger partial charge in [0.15, 0.2) is 0 Å². The molecular formula is C9H13F2N. The van der Waals surface area contributed by atoms with Crippen molar-refractivity contribution in [3.05, 3.63) is 0 Å². The van der Waals surface area contributed by atoms with E-state index in [1.807, 2.05) is 6.07 Å². The van der Waals surface area contributed by atoms with Gasteiger partial charge in [0.1, 0.15) is 0 Å². The first kappa shape index (κ1) is 9.44. The summed E-state index contributed by atoms with van der Waals surface area (Å²) >= 11 is 0. The molecular weight excluding hydrogens is 160 g/mol. The Labute approximate surface area is 71.4 Å². The average Bonchev–Trinajstić information content (AvgIpc) is 1.80. The lowest BCUT2D eigenvalue weighted by Crippen LogP contribution is -2.34. The highest BCUT2D eigenvalue weighted by molar-refractivity contribution is 4.90. The summed E-state index contributed by atoms with van der Waals surface area (Å²) < 4.78 is 25.8. The molecule has 1 saturated carbocycles. The Morgan fingerprint density at radius 1 is 1.58 bits per heavy atom. The SMILES string of the molecule is CC(F)(F)C(CC#N)C1CCC1. The molecule has 0 aliphatic heterocycles. The van der Waals surface area contributed by atoms with Crippen molar-refractivity contribution in [2.24, 2.45) is 11.8 Å². The lowest BCUT2D eigenvalue weighted by Gasteiger charge is -2.35. The highest BCUT2D eigenvalue weighted by atomic mass is 19.3. The Morgan fingerprint density at radius 3 is 2.42 bits per heavy atom. The van der Waals surface area contributed by atoms with Crippen LogP contribution in [-0.4, -0.2) is 5.92 Å². The van der Waals surface area contributed by atoms with Gasteiger partial charge >= 0.3 is 0 Å². The molecule has 0 radical (unpaired) electrons. The number of halogens is 2. The number of nitrogens with zero attached hydrogens (tertiary/aromatic N) is 1. The predicted molar refractivity (Wildman–Crippen MR) is 41.7 cm³/mol. The highest BCUT2D eigenvalue weighted by Gasteiger charge is 2.41. The third-order valence-electron chi connectivity index (χ3n) is 2.68. The molecule has 0 aromatic heterocycles. The van der Waals surface area contributed by atoms with E-state index in [1.165, 1.54) is 0 Å². The third kappa shape index (κ3) is 1.94. The van der Waals surface area contributed by atoms with Crippen LogP contribution in [0.2, 0.25) is 0 Å². The van der Waals surface area contributed by atoms with Gasteiger partial charge in [0.25, 0.3) is 0 Å². The summed E-state index contributed by atoms with van der Waals surface area (Å²) in [5.41, 5.74) is 0. The van der Waals surface area contributed by atoms with Crippen molar-refractivity contribution < 1.29 is 8.78 Å². The van der Waals surface area contributed by atoms with E-state index in [0.29, 0.717) is 0 Å². The topological polar surface area (TPSA) is 23.8 Å². The lowest BCUT2D eigenvalue weighted by atomic mass is 9.72. The van der Waals surface area contributed by atoms with Crippen LogP contribution in [0.4, 0.5) is 8.78 Å². The van der Waals surface area contributed by atoms with E-state index < -0.39 is 11.8 Å². The van der Waals surface area contributed by atoms with Crippen LogP contribution in [0.25, 0.3) is 0 Å². The maximum atomic E-state index is 12.9. The monoisotopic (exact) mass is 173 g/mol. The van der Waals surface area contributed by atoms with E-state index in [9.17, 15) is 8.78 Å². The van der Waals surface area contributed by atoms with Crippen molar-refractivity contribution >= 4 is 0 Å². The standard InChI is InChI=1S/C9H13F2N/c1-9(10,11)8(5-6-12)7-3-2-4-7/h7-8H,2-5H2,1H3. The van der Waals surface area contributed by atoms with Crippen LogP contribution in [0.15, 0.2) is 0 Å². The van der Waals surface area contributed by atoms with Crippen molar-refractivity contribution in [3.8, 4) is 6.07 Å². The maximum Gasteiger partial charge on any atom is 0.249 e. The van der Waals surface area contributed by atoms with Crippen molar-refractivity contribution in [1.29, 1.82) is 5.26 Å². The van der Waals surface area contributed by atoms with Crippen LogP contribution in [-0.2, 0) is 0 Å². The second-order valence-electron chi connectivity index (χ2n) is 3.62. The summed E-state index contributed by atoms with van der Waals surface area (Å²) in [7, 11) is 0. The zero-order valence-electron chi connectivity index (χ0n) is 7.19. The molecule has 1 rings (SSSR count). The summed E-state index contributed by atoms with van der Waals surface area (Å²) in [6, 6.07) is 1.84. The number of hydrogen-bond donors (Lipinski definition) is 0. The summed E-state index contributed by atoms with van der Waals surface area (Å²) in [5, 5.41) is 8.39. The largest absolute Gasteiger partial charge is 0.249 e. The molecule has 1 aliphatic carbocycles. The molecule has 0 heterocycles. The van der Waals surface area contributed by atoms with Crippen LogP contribution in [0.1, 0.15) is 32.6 Å². The van der Waals surface area contributed by atoms with Gasteiger partial charge < -0.3 is 0 Å². The van der Waals surface area contributed by atoms with Crippen LogP contribution < -0.4 is 0 Å². The molecule has 1 fully saturated rings. The Kier molecular flexibility index (Phi) is 2.66. The molecule has 1 atom stereocenters. The molecule has 3 heteroatoms. The fourth-order valence-corrected chi connectivity index (χ4v) is 1.70. The Bertz CT molecular complexity index is 186. The van der Waals surface area contributed by atoms with Gasteiger partial charge in [0, 0.05) is 12.3 Å². The third-order valence-corrected chi connectivity index (χ3v) is 2.68. The first-order valence-corrected chi connectivity index (χ1v) is 4.30. The van der Waals surface area contributed by atoms with Gasteiger partial charge in [-0.25, -0.2) is 8.78 Å². The molecule has 0 N–H and O–H groups in total. The van der Waals surface area contributed by atoms with Crippen molar-refractivity contribution in [2.45, 2.75) is 38.5 Å². The minimum Gasteiger partial charge on any atom is -0.207 e. The number of nitriles is 1. The van der Waals surface area contributed by atoms with Crippen LogP contribution in [0.3, 0.4) is 0 Å². The van der Waals surface area contributed by atoms with E-state index >= 15 is 0 Å². The highest BCUT2D eigenvalue weighted by Crippen LogP contribution is 2.42. The Morgan fingerprint density at radius 2 is 2.17 bits per heavy atom. The van der Waals surface area contributed by atoms with Gasteiger partial charge in [0.05, 0.1) is 6.07 Å². The molecule has 0 aromatic rings. The lowest BCUT2D eigenvalue weighted by molar-refractivity contribution is -0.0754. The molecule has 12 heavy (non-hydrogen) atoms. The second kappa shape index (κ2) is 3.38. The van der Waals surface area contributed by atoms with Crippen LogP contribution >= 0.6 is 0 Å². The van der Waals surface area contributed by atoms with Gasteiger partial charge in [-0.2, -0.15) is 5.26 Å². The molecule has 0 bridgehead atoms. The molecule has 0 spiro atoms. The van der Waals surface area contributed by atoms with Gasteiger partial charge in [-0.1, -0.05) is 6.42 Å². The molecule has 0 aromatic carbocycles. The average molecular weight is 173 g/mol. The van der Waals surface area contributed by atoms with Gasteiger partial charge in [-0.05, 0) is 25.7 Å². The van der Waals surface area contributed by atoms with Crippen LogP contribution in [0.5, 0.6) is 0 Å². The van der Waals surface area contributed by atoms with E-state index in [1.54, 1.807) is 0 Å². The van der Waals surface area contributed by atoms with E-state index in [2.05, 4.69) is 0 Å². The smallest absolute Gasteiger partial charge is 0.207 e. The Hall–Kier alpha value is -0.650. The molecule has 1 nitrogen and oxygen atoms in total. The molecule has 0 saturated heterocycles. The van der Waals surface area contributed by atoms with E-state index in [0.717, 1.165) is 26.2 Å². The molecule has 1 aliphatic rings. The molecule has 68 valence electrons. The minimum atomic E-state index is -2.68. The van der Waals surface area contributed by atoms with Crippen molar-refractivity contribution in [1.82, 2.24) is 0 Å². The van der Waals surface area contributed by atoms with Gasteiger partial charge in [0.2, 0.25) is 5.92 Å². The first-order chi connectivity index (χ1) is 5.55. The summed E-state index contributed by atoms with van der Waals surface area (Å²) in [6.45, 7) is 0.924. The normalized spacial score (nSPS) is 21.2. The van der Waals surface area contributed by atoms with Crippen LogP contribution in [0, 0.1) is 23.2 Å². The minimum absolute atomic E-state index is 0.00579. The van der Waals surface area contributed by atoms with Crippen molar-refractivity contribution in [3.63, 3.8) is 0 Å². The molecule has 1 unspecified atom stereocenters. The fourth-order valence-electron chi connectivity index (χ4n) is 1.70. The zero-order valence-corrected chi connectivity index (χ0v) is 7.19. The number of rotatable bonds is 3. The van der Waals surface area contributed by atoms with Gasteiger partial charge in [-0.15, -0.1) is 0 Å². The predicted octanol–water partition coefficient (Wildman–Crippen LogP) is 2.97.